The fourth-order valence-electron chi connectivity index (χ4n) is 4.88. The number of benzene rings is 3. The third kappa shape index (κ3) is 5.65. The fourth-order valence-corrected chi connectivity index (χ4v) is 7.03. The van der Waals surface area contributed by atoms with Gasteiger partial charge in [-0.3, -0.25) is 9.59 Å². The molecule has 0 aliphatic carbocycles. The van der Waals surface area contributed by atoms with Crippen LogP contribution >= 0.6 is 7.92 Å². The van der Waals surface area contributed by atoms with Gasteiger partial charge in [-0.1, -0.05) is 96.1 Å². The number of rotatable bonds is 11. The Morgan fingerprint density at radius 3 is 1.17 bits per heavy atom. The predicted octanol–water partition coefficient (Wildman–Crippen LogP) is 7.85. The molecular weight excluding hydrogens is 447 g/mol. The summed E-state index contributed by atoms with van der Waals surface area (Å²) in [4.78, 5) is 28.9. The number of carbonyl (C=O) groups excluding carboxylic acids is 2. The van der Waals surface area contributed by atoms with Gasteiger partial charge in [-0.2, -0.15) is 0 Å². The fraction of sp³-hybridized carbons (Fsp3) is 0.375. The van der Waals surface area contributed by atoms with Gasteiger partial charge in [0.15, 0.2) is 11.0 Å². The van der Waals surface area contributed by atoms with Crippen molar-refractivity contribution in [2.45, 2.75) is 80.1 Å². The second kappa shape index (κ2) is 12.4. The third-order valence-corrected chi connectivity index (χ3v) is 8.99. The van der Waals surface area contributed by atoms with Crippen LogP contribution in [-0.4, -0.2) is 11.0 Å². The van der Waals surface area contributed by atoms with Crippen LogP contribution in [0.5, 0.6) is 0 Å². The predicted molar refractivity (Wildman–Crippen MR) is 151 cm³/mol. The SMILES string of the molecule is CCc1cc(CC)c(C(=O)P(C(=O)c2c(CC)cc(CC)cc2CC)c2ccccc2)c(CC)c1. The second-order valence-electron chi connectivity index (χ2n) is 8.98. The van der Waals surface area contributed by atoms with Crippen LogP contribution in [0.25, 0.3) is 0 Å². The Kier molecular flexibility index (Phi) is 9.58. The molecule has 0 spiro atoms. The van der Waals surface area contributed by atoms with Gasteiger partial charge >= 0.3 is 0 Å². The number of hydrogen-bond acceptors (Lipinski definition) is 2. The molecule has 0 radical (unpaired) electrons. The zero-order valence-electron chi connectivity index (χ0n) is 22.2. The van der Waals surface area contributed by atoms with E-state index >= 15 is 0 Å². The van der Waals surface area contributed by atoms with E-state index in [1.165, 1.54) is 11.1 Å². The molecular formula is C32H39O2P. The van der Waals surface area contributed by atoms with Crippen molar-refractivity contribution in [1.82, 2.24) is 0 Å². The first-order valence-electron chi connectivity index (χ1n) is 13.2. The van der Waals surface area contributed by atoms with Crippen LogP contribution in [0, 0.1) is 0 Å². The average Bonchev–Trinajstić information content (AvgIpc) is 2.91. The van der Waals surface area contributed by atoms with E-state index in [1.807, 2.05) is 30.3 Å². The maximum absolute atomic E-state index is 14.4. The molecule has 3 heteroatoms. The van der Waals surface area contributed by atoms with Gasteiger partial charge < -0.3 is 0 Å². The molecule has 0 bridgehead atoms. The Labute approximate surface area is 212 Å². The summed E-state index contributed by atoms with van der Waals surface area (Å²) >= 11 is 0. The largest absolute Gasteiger partial charge is 0.288 e. The van der Waals surface area contributed by atoms with Crippen LogP contribution < -0.4 is 5.30 Å². The van der Waals surface area contributed by atoms with Crippen molar-refractivity contribution in [2.75, 3.05) is 0 Å². The molecule has 0 amide bonds. The Balaban J connectivity index is 2.27. The van der Waals surface area contributed by atoms with Gasteiger partial charge in [-0.05, 0) is 77.2 Å². The van der Waals surface area contributed by atoms with Gasteiger partial charge in [0, 0.05) is 11.1 Å². The maximum atomic E-state index is 14.4. The molecule has 0 aliphatic rings. The van der Waals surface area contributed by atoms with Crippen LogP contribution in [0.1, 0.15) is 95.6 Å². The quantitative estimate of drug-likeness (QED) is 0.259. The topological polar surface area (TPSA) is 34.1 Å². The molecule has 0 N–H and O–H groups in total. The van der Waals surface area contributed by atoms with Crippen molar-refractivity contribution in [3.05, 3.63) is 99.1 Å². The van der Waals surface area contributed by atoms with Crippen molar-refractivity contribution in [3.63, 3.8) is 0 Å². The van der Waals surface area contributed by atoms with E-state index in [0.717, 1.165) is 77.2 Å². The monoisotopic (exact) mass is 486 g/mol. The summed E-state index contributed by atoms with van der Waals surface area (Å²) in [6.07, 6.45) is 4.98. The lowest BCUT2D eigenvalue weighted by molar-refractivity contribution is 0.105. The summed E-state index contributed by atoms with van der Waals surface area (Å²) in [5.74, 6) is 0. The highest BCUT2D eigenvalue weighted by Crippen LogP contribution is 2.45. The van der Waals surface area contributed by atoms with E-state index in [0.29, 0.717) is 0 Å². The Morgan fingerprint density at radius 1 is 0.543 bits per heavy atom. The summed E-state index contributed by atoms with van der Waals surface area (Å²) in [5.41, 5.74) is 8.31. The molecule has 0 aromatic heterocycles. The molecule has 0 unspecified atom stereocenters. The Morgan fingerprint density at radius 2 is 0.886 bits per heavy atom. The van der Waals surface area contributed by atoms with Gasteiger partial charge in [0.05, 0.1) is 7.92 Å². The van der Waals surface area contributed by atoms with Crippen molar-refractivity contribution >= 4 is 24.3 Å². The molecule has 3 aromatic rings. The molecule has 35 heavy (non-hydrogen) atoms. The standard InChI is InChI=1S/C32H39O2P/c1-7-22-18-24(9-3)29(25(10-4)19-22)31(33)35(28-16-14-13-15-17-28)32(34)30-26(11-5)20-23(8-2)21-27(30)12-6/h13-21H,7-12H2,1-6H3. The molecule has 3 aromatic carbocycles. The van der Waals surface area contributed by atoms with Crippen molar-refractivity contribution < 1.29 is 9.59 Å². The third-order valence-electron chi connectivity index (χ3n) is 6.91. The normalized spacial score (nSPS) is 11.2. The van der Waals surface area contributed by atoms with Gasteiger partial charge in [-0.25, -0.2) is 0 Å². The minimum absolute atomic E-state index is 0.00349. The molecule has 0 aliphatic heterocycles. The lowest BCUT2D eigenvalue weighted by atomic mass is 9.94. The highest BCUT2D eigenvalue weighted by molar-refractivity contribution is 7.96. The number of carbonyl (C=O) groups is 2. The average molecular weight is 487 g/mol. The molecule has 3 rings (SSSR count). The summed E-state index contributed by atoms with van der Waals surface area (Å²) in [7, 11) is -1.72. The molecule has 0 fully saturated rings. The molecule has 2 nitrogen and oxygen atoms in total. The minimum atomic E-state index is -1.72. The molecule has 0 saturated heterocycles. The summed E-state index contributed by atoms with van der Waals surface area (Å²) in [6.45, 7) is 12.7. The van der Waals surface area contributed by atoms with Gasteiger partial charge in [0.1, 0.15) is 0 Å². The van der Waals surface area contributed by atoms with Crippen molar-refractivity contribution in [1.29, 1.82) is 0 Å². The van der Waals surface area contributed by atoms with Crippen molar-refractivity contribution in [2.24, 2.45) is 0 Å². The zero-order valence-corrected chi connectivity index (χ0v) is 23.1. The summed E-state index contributed by atoms with van der Waals surface area (Å²) in [6, 6.07) is 18.4. The second-order valence-corrected chi connectivity index (χ2v) is 11.0. The first kappa shape index (κ1) is 27.0. The van der Waals surface area contributed by atoms with Crippen LogP contribution in [0.15, 0.2) is 54.6 Å². The number of hydrogen-bond donors (Lipinski definition) is 0. The first-order chi connectivity index (χ1) is 16.9. The van der Waals surface area contributed by atoms with Crippen LogP contribution in [-0.2, 0) is 38.5 Å². The van der Waals surface area contributed by atoms with E-state index in [1.54, 1.807) is 0 Å². The van der Waals surface area contributed by atoms with E-state index in [-0.39, 0.29) is 11.0 Å². The summed E-state index contributed by atoms with van der Waals surface area (Å²) < 4.78 is 0. The van der Waals surface area contributed by atoms with E-state index in [2.05, 4.69) is 65.8 Å². The lowest BCUT2D eigenvalue weighted by Gasteiger charge is -2.23. The molecule has 0 atom stereocenters. The smallest absolute Gasteiger partial charge is 0.197 e. The molecule has 184 valence electrons. The maximum Gasteiger partial charge on any atom is 0.197 e. The minimum Gasteiger partial charge on any atom is -0.288 e. The molecule has 0 saturated carbocycles. The van der Waals surface area contributed by atoms with Crippen molar-refractivity contribution in [3.8, 4) is 0 Å². The van der Waals surface area contributed by atoms with E-state index in [4.69, 9.17) is 0 Å². The first-order valence-corrected chi connectivity index (χ1v) is 14.5. The lowest BCUT2D eigenvalue weighted by Crippen LogP contribution is -2.20. The zero-order chi connectivity index (χ0) is 25.5. The van der Waals surface area contributed by atoms with Crippen LogP contribution in [0.2, 0.25) is 0 Å². The van der Waals surface area contributed by atoms with Crippen LogP contribution in [0.4, 0.5) is 0 Å². The molecule has 0 heterocycles. The van der Waals surface area contributed by atoms with Gasteiger partial charge in [-0.15, -0.1) is 0 Å². The van der Waals surface area contributed by atoms with Gasteiger partial charge in [0.25, 0.3) is 0 Å². The Bertz CT molecular complexity index is 1070. The highest BCUT2D eigenvalue weighted by atomic mass is 31.1. The van der Waals surface area contributed by atoms with Crippen LogP contribution in [0.3, 0.4) is 0 Å². The summed E-state index contributed by atoms with van der Waals surface area (Å²) in [5, 5.41) is 0.838. The van der Waals surface area contributed by atoms with E-state index in [9.17, 15) is 9.59 Å². The Hall–Kier alpha value is -2.57. The number of aryl methyl sites for hydroxylation is 6. The van der Waals surface area contributed by atoms with E-state index < -0.39 is 7.92 Å². The van der Waals surface area contributed by atoms with Gasteiger partial charge in [0.2, 0.25) is 0 Å². The highest BCUT2D eigenvalue weighted by Gasteiger charge is 2.34.